The van der Waals surface area contributed by atoms with Gasteiger partial charge in [-0.05, 0) is 51.2 Å². The Kier molecular flexibility index (Phi) is 9.15. The summed E-state index contributed by atoms with van der Waals surface area (Å²) in [5.74, 6) is 0.876. The fraction of sp³-hybridized carbons (Fsp3) is 0.476. The summed E-state index contributed by atoms with van der Waals surface area (Å²) < 4.78 is 5.77. The van der Waals surface area contributed by atoms with Gasteiger partial charge in [-0.25, -0.2) is 9.97 Å². The second-order valence-electron chi connectivity index (χ2n) is 6.39. The van der Waals surface area contributed by atoms with Crippen LogP contribution in [0.15, 0.2) is 30.5 Å². The Morgan fingerprint density at radius 2 is 1.72 bits per heavy atom. The van der Waals surface area contributed by atoms with Crippen LogP contribution in [-0.4, -0.2) is 60.1 Å². The van der Waals surface area contributed by atoms with Crippen LogP contribution in [0.25, 0.3) is 0 Å². The highest BCUT2D eigenvalue weighted by Gasteiger charge is 2.16. The first-order valence-corrected chi connectivity index (χ1v) is 10.4. The SMILES string of the molecule is CCN(CC)CCOc1ccc(NC(=O)c2nc(N(CC)CC)ncc2Cl)cc1. The van der Waals surface area contributed by atoms with Crippen LogP contribution < -0.4 is 15.0 Å². The molecule has 0 saturated heterocycles. The number of rotatable bonds is 11. The van der Waals surface area contributed by atoms with Crippen molar-refractivity contribution in [1.29, 1.82) is 0 Å². The van der Waals surface area contributed by atoms with Gasteiger partial charge >= 0.3 is 0 Å². The minimum absolute atomic E-state index is 0.156. The van der Waals surface area contributed by atoms with Crippen LogP contribution in [0, 0.1) is 0 Å². The van der Waals surface area contributed by atoms with Crippen molar-refractivity contribution in [3.63, 3.8) is 0 Å². The molecule has 0 aliphatic carbocycles. The Hall–Kier alpha value is -2.38. The van der Waals surface area contributed by atoms with Crippen LogP contribution >= 0.6 is 11.6 Å². The molecule has 0 aliphatic heterocycles. The van der Waals surface area contributed by atoms with E-state index in [2.05, 4.69) is 34.0 Å². The van der Waals surface area contributed by atoms with Gasteiger partial charge < -0.3 is 19.9 Å². The normalized spacial score (nSPS) is 10.8. The summed E-state index contributed by atoms with van der Waals surface area (Å²) in [6.45, 7) is 13.3. The van der Waals surface area contributed by atoms with E-state index in [1.165, 1.54) is 6.20 Å². The maximum atomic E-state index is 12.6. The lowest BCUT2D eigenvalue weighted by Crippen LogP contribution is -2.27. The molecule has 1 amide bonds. The van der Waals surface area contributed by atoms with E-state index in [9.17, 15) is 4.79 Å². The molecule has 1 heterocycles. The fourth-order valence-electron chi connectivity index (χ4n) is 2.83. The third-order valence-electron chi connectivity index (χ3n) is 4.68. The van der Waals surface area contributed by atoms with Crippen molar-refractivity contribution in [2.45, 2.75) is 27.7 Å². The largest absolute Gasteiger partial charge is 0.492 e. The zero-order chi connectivity index (χ0) is 21.2. The highest BCUT2D eigenvalue weighted by Crippen LogP contribution is 2.20. The van der Waals surface area contributed by atoms with Gasteiger partial charge in [0.25, 0.3) is 5.91 Å². The number of carbonyl (C=O) groups is 1. The first-order valence-electron chi connectivity index (χ1n) is 10.1. The van der Waals surface area contributed by atoms with Crippen LogP contribution in [0.3, 0.4) is 0 Å². The maximum absolute atomic E-state index is 12.6. The summed E-state index contributed by atoms with van der Waals surface area (Å²) in [7, 11) is 0. The van der Waals surface area contributed by atoms with Gasteiger partial charge in [-0.3, -0.25) is 4.79 Å². The van der Waals surface area contributed by atoms with Crippen LogP contribution in [0.5, 0.6) is 5.75 Å². The third-order valence-corrected chi connectivity index (χ3v) is 4.95. The van der Waals surface area contributed by atoms with Gasteiger partial charge in [0.1, 0.15) is 12.4 Å². The van der Waals surface area contributed by atoms with E-state index >= 15 is 0 Å². The number of halogens is 1. The lowest BCUT2D eigenvalue weighted by atomic mass is 10.3. The number of benzene rings is 1. The van der Waals surface area contributed by atoms with E-state index < -0.39 is 0 Å². The molecule has 0 spiro atoms. The highest BCUT2D eigenvalue weighted by molar-refractivity contribution is 6.34. The highest BCUT2D eigenvalue weighted by atomic mass is 35.5. The van der Waals surface area contributed by atoms with Gasteiger partial charge in [0.05, 0.1) is 11.2 Å². The van der Waals surface area contributed by atoms with Crippen molar-refractivity contribution >= 4 is 29.1 Å². The molecular formula is C21H30ClN5O2. The number of hydrogen-bond acceptors (Lipinski definition) is 6. The monoisotopic (exact) mass is 419 g/mol. The number of likely N-dealkylation sites (N-methyl/N-ethyl adjacent to an activating group) is 1. The number of aromatic nitrogens is 2. The van der Waals surface area contributed by atoms with Crippen LogP contribution in [0.4, 0.5) is 11.6 Å². The molecule has 1 aromatic carbocycles. The first kappa shape index (κ1) is 22.9. The van der Waals surface area contributed by atoms with Gasteiger partial charge in [0.15, 0.2) is 5.69 Å². The van der Waals surface area contributed by atoms with Gasteiger partial charge in [-0.15, -0.1) is 0 Å². The first-order chi connectivity index (χ1) is 14.0. The number of hydrogen-bond donors (Lipinski definition) is 1. The number of amides is 1. The Bertz CT molecular complexity index is 777. The number of nitrogens with one attached hydrogen (secondary N) is 1. The number of nitrogens with zero attached hydrogens (tertiary/aromatic N) is 4. The molecule has 2 aromatic rings. The molecule has 0 atom stereocenters. The van der Waals surface area contributed by atoms with Crippen LogP contribution in [0.2, 0.25) is 5.02 Å². The third kappa shape index (κ3) is 6.58. The van der Waals surface area contributed by atoms with Crippen LogP contribution in [-0.2, 0) is 0 Å². The fourth-order valence-corrected chi connectivity index (χ4v) is 3.01. The van der Waals surface area contributed by atoms with E-state index in [1.54, 1.807) is 12.1 Å². The average Bonchev–Trinajstić information content (AvgIpc) is 2.74. The van der Waals surface area contributed by atoms with E-state index in [4.69, 9.17) is 16.3 Å². The predicted octanol–water partition coefficient (Wildman–Crippen LogP) is 3.95. The molecule has 1 aromatic heterocycles. The van der Waals surface area contributed by atoms with Crippen molar-refractivity contribution in [3.8, 4) is 5.75 Å². The molecule has 0 radical (unpaired) electrons. The Balaban J connectivity index is 1.99. The molecule has 0 saturated carbocycles. The molecule has 2 rings (SSSR count). The second kappa shape index (κ2) is 11.6. The molecule has 0 unspecified atom stereocenters. The summed E-state index contributed by atoms with van der Waals surface area (Å²) in [4.78, 5) is 25.5. The summed E-state index contributed by atoms with van der Waals surface area (Å²) in [6.07, 6.45) is 1.46. The van der Waals surface area contributed by atoms with Crippen molar-refractivity contribution in [2.24, 2.45) is 0 Å². The van der Waals surface area contributed by atoms with Gasteiger partial charge in [0.2, 0.25) is 5.95 Å². The summed E-state index contributed by atoms with van der Waals surface area (Å²) in [5.41, 5.74) is 0.799. The number of ether oxygens (including phenoxy) is 1. The molecule has 0 bridgehead atoms. The zero-order valence-corrected chi connectivity index (χ0v) is 18.4. The van der Waals surface area contributed by atoms with Gasteiger partial charge in [-0.2, -0.15) is 0 Å². The lowest BCUT2D eigenvalue weighted by molar-refractivity contribution is 0.102. The van der Waals surface area contributed by atoms with Crippen LogP contribution in [0.1, 0.15) is 38.2 Å². The van der Waals surface area contributed by atoms with Crippen molar-refractivity contribution in [3.05, 3.63) is 41.2 Å². The Morgan fingerprint density at radius 1 is 1.07 bits per heavy atom. The van der Waals surface area contributed by atoms with E-state index in [0.29, 0.717) is 18.2 Å². The predicted molar refractivity (Wildman–Crippen MR) is 118 cm³/mol. The maximum Gasteiger partial charge on any atom is 0.276 e. The Morgan fingerprint density at radius 3 is 2.31 bits per heavy atom. The summed E-state index contributed by atoms with van der Waals surface area (Å²) in [6, 6.07) is 7.26. The van der Waals surface area contributed by atoms with E-state index in [-0.39, 0.29) is 16.6 Å². The summed E-state index contributed by atoms with van der Waals surface area (Å²) >= 11 is 6.15. The standard InChI is InChI=1S/C21H30ClN5O2/c1-5-26(6-2)13-14-29-17-11-9-16(10-12-17)24-20(28)19-18(22)15-23-21(25-19)27(7-3)8-4/h9-12,15H,5-8,13-14H2,1-4H3,(H,24,28). The van der Waals surface area contributed by atoms with Gasteiger partial charge in [-0.1, -0.05) is 25.4 Å². The quantitative estimate of drug-likeness (QED) is 0.594. The lowest BCUT2D eigenvalue weighted by Gasteiger charge is -2.19. The molecule has 29 heavy (non-hydrogen) atoms. The van der Waals surface area contributed by atoms with Crippen molar-refractivity contribution in [2.75, 3.05) is 49.5 Å². The Labute approximate surface area is 178 Å². The molecule has 7 nitrogen and oxygen atoms in total. The second-order valence-corrected chi connectivity index (χ2v) is 6.80. The molecule has 0 fully saturated rings. The number of anilines is 2. The minimum Gasteiger partial charge on any atom is -0.492 e. The molecule has 8 heteroatoms. The molecule has 158 valence electrons. The molecule has 1 N–H and O–H groups in total. The topological polar surface area (TPSA) is 70.6 Å². The average molecular weight is 420 g/mol. The van der Waals surface area contributed by atoms with Gasteiger partial charge in [0, 0.05) is 25.3 Å². The molecule has 0 aliphatic rings. The van der Waals surface area contributed by atoms with E-state index in [1.807, 2.05) is 30.9 Å². The molecular weight excluding hydrogens is 390 g/mol. The number of carbonyl (C=O) groups excluding carboxylic acids is 1. The zero-order valence-electron chi connectivity index (χ0n) is 17.6. The minimum atomic E-state index is -0.374. The van der Waals surface area contributed by atoms with Crippen molar-refractivity contribution in [1.82, 2.24) is 14.9 Å². The van der Waals surface area contributed by atoms with Crippen molar-refractivity contribution < 1.29 is 9.53 Å². The smallest absolute Gasteiger partial charge is 0.276 e. The van der Waals surface area contributed by atoms with E-state index in [0.717, 1.165) is 38.5 Å². The summed E-state index contributed by atoms with van der Waals surface area (Å²) in [5, 5.41) is 3.04.